The third kappa shape index (κ3) is 4.96. The molecule has 0 aliphatic heterocycles. The molecular formula is C17H18ClNO6. The molecule has 0 saturated heterocycles. The van der Waals surface area contributed by atoms with E-state index in [-0.39, 0.29) is 22.9 Å². The van der Waals surface area contributed by atoms with Crippen LogP contribution >= 0.6 is 11.6 Å². The summed E-state index contributed by atoms with van der Waals surface area (Å²) in [6, 6.07) is 4.58. The molecule has 1 heterocycles. The summed E-state index contributed by atoms with van der Waals surface area (Å²) in [5.41, 5.74) is -0.500. The average molecular weight is 368 g/mol. The number of carbonyl (C=O) groups excluding carboxylic acids is 2. The summed E-state index contributed by atoms with van der Waals surface area (Å²) >= 11 is 5.85. The molecule has 0 aliphatic rings. The van der Waals surface area contributed by atoms with Crippen LogP contribution in [0.1, 0.15) is 26.3 Å². The first-order valence-electron chi connectivity index (χ1n) is 7.47. The van der Waals surface area contributed by atoms with Gasteiger partial charge >= 0.3 is 17.7 Å². The number of ether oxygens (including phenoxy) is 2. The number of hydrogen-bond donors (Lipinski definition) is 1. The molecule has 0 fully saturated rings. The van der Waals surface area contributed by atoms with Crippen LogP contribution in [0.3, 0.4) is 0 Å². The third-order valence-corrected chi connectivity index (χ3v) is 3.51. The second-order valence-electron chi connectivity index (χ2n) is 6.32. The highest BCUT2D eigenvalue weighted by Crippen LogP contribution is 2.25. The predicted octanol–water partition coefficient (Wildman–Crippen LogP) is 3.18. The zero-order valence-electron chi connectivity index (χ0n) is 14.3. The van der Waals surface area contributed by atoms with Gasteiger partial charge in [-0.05, 0) is 45.4 Å². The van der Waals surface area contributed by atoms with Crippen molar-refractivity contribution in [3.63, 3.8) is 0 Å². The van der Waals surface area contributed by atoms with Crippen LogP contribution in [0, 0.1) is 6.92 Å². The molecule has 134 valence electrons. The molecule has 0 aliphatic carbocycles. The Bertz CT molecular complexity index is 881. The van der Waals surface area contributed by atoms with E-state index in [1.54, 1.807) is 33.8 Å². The van der Waals surface area contributed by atoms with Gasteiger partial charge in [-0.1, -0.05) is 11.6 Å². The first kappa shape index (κ1) is 18.8. The Labute approximate surface area is 148 Å². The van der Waals surface area contributed by atoms with Crippen LogP contribution in [0.15, 0.2) is 27.4 Å². The lowest BCUT2D eigenvalue weighted by Crippen LogP contribution is -2.36. The summed E-state index contributed by atoms with van der Waals surface area (Å²) in [7, 11) is 0. The molecule has 25 heavy (non-hydrogen) atoms. The van der Waals surface area contributed by atoms with E-state index in [0.29, 0.717) is 10.9 Å². The van der Waals surface area contributed by atoms with Gasteiger partial charge < -0.3 is 19.2 Å². The summed E-state index contributed by atoms with van der Waals surface area (Å²) in [6.45, 7) is 6.46. The highest BCUT2D eigenvalue weighted by molar-refractivity contribution is 6.31. The van der Waals surface area contributed by atoms with Gasteiger partial charge in [0.25, 0.3) is 0 Å². The van der Waals surface area contributed by atoms with Crippen molar-refractivity contribution in [1.29, 1.82) is 0 Å². The quantitative estimate of drug-likeness (QED) is 0.508. The van der Waals surface area contributed by atoms with Gasteiger partial charge in [-0.3, -0.25) is 0 Å². The van der Waals surface area contributed by atoms with Gasteiger partial charge in [0.05, 0.1) is 0 Å². The van der Waals surface area contributed by atoms with Crippen molar-refractivity contribution in [3.05, 3.63) is 39.2 Å². The number of benzene rings is 1. The molecule has 0 saturated carbocycles. The fourth-order valence-electron chi connectivity index (χ4n) is 2.00. The maximum Gasteiger partial charge on any atom is 0.408 e. The largest absolute Gasteiger partial charge is 0.444 e. The minimum atomic E-state index is -0.723. The van der Waals surface area contributed by atoms with E-state index in [2.05, 4.69) is 5.32 Å². The minimum Gasteiger partial charge on any atom is -0.444 e. The molecule has 0 spiro atoms. The third-order valence-electron chi connectivity index (χ3n) is 3.08. The van der Waals surface area contributed by atoms with Crippen molar-refractivity contribution in [3.8, 4) is 5.75 Å². The second kappa shape index (κ2) is 7.14. The number of amides is 1. The summed E-state index contributed by atoms with van der Waals surface area (Å²) in [6.07, 6.45) is -0.723. The number of nitrogens with one attached hydrogen (secondary N) is 1. The van der Waals surface area contributed by atoms with Crippen molar-refractivity contribution in [2.75, 3.05) is 6.54 Å². The van der Waals surface area contributed by atoms with Gasteiger partial charge in [0.2, 0.25) is 0 Å². The van der Waals surface area contributed by atoms with Crippen molar-refractivity contribution >= 4 is 34.6 Å². The van der Waals surface area contributed by atoms with Crippen molar-refractivity contribution in [2.24, 2.45) is 0 Å². The van der Waals surface area contributed by atoms with E-state index in [1.165, 1.54) is 12.1 Å². The molecule has 1 aromatic heterocycles. The smallest absolute Gasteiger partial charge is 0.408 e. The Balaban J connectivity index is 2.05. The molecule has 1 aromatic carbocycles. The van der Waals surface area contributed by atoms with Gasteiger partial charge in [0.15, 0.2) is 0 Å². The van der Waals surface area contributed by atoms with Crippen LogP contribution in [0.5, 0.6) is 5.75 Å². The van der Waals surface area contributed by atoms with E-state index in [9.17, 15) is 14.4 Å². The van der Waals surface area contributed by atoms with E-state index in [0.717, 1.165) is 0 Å². The normalized spacial score (nSPS) is 11.2. The fourth-order valence-corrected chi connectivity index (χ4v) is 2.14. The van der Waals surface area contributed by atoms with E-state index < -0.39 is 23.3 Å². The van der Waals surface area contributed by atoms with Crippen LogP contribution in [0.4, 0.5) is 4.79 Å². The molecule has 8 heteroatoms. The number of rotatable bonds is 3. The summed E-state index contributed by atoms with van der Waals surface area (Å²) in [5.74, 6) is -0.522. The number of fused-ring (bicyclic) bond motifs is 1. The van der Waals surface area contributed by atoms with Crippen molar-refractivity contribution < 1.29 is 23.5 Å². The number of esters is 1. The van der Waals surface area contributed by atoms with E-state index in [1.807, 2.05) is 0 Å². The maximum atomic E-state index is 11.8. The van der Waals surface area contributed by atoms with Crippen LogP contribution in [0.2, 0.25) is 5.02 Å². The Morgan fingerprint density at radius 1 is 1.28 bits per heavy atom. The molecule has 2 aromatic rings. The van der Waals surface area contributed by atoms with Crippen molar-refractivity contribution in [2.45, 2.75) is 33.3 Å². The Kier molecular flexibility index (Phi) is 5.37. The lowest BCUT2D eigenvalue weighted by Gasteiger charge is -2.19. The van der Waals surface area contributed by atoms with Crippen LogP contribution < -0.4 is 15.7 Å². The minimum absolute atomic E-state index is 0.0128. The summed E-state index contributed by atoms with van der Waals surface area (Å²) < 4.78 is 15.2. The molecule has 1 N–H and O–H groups in total. The lowest BCUT2D eigenvalue weighted by atomic mass is 10.1. The predicted molar refractivity (Wildman–Crippen MR) is 92.1 cm³/mol. The average Bonchev–Trinajstić information content (AvgIpc) is 2.49. The maximum absolute atomic E-state index is 11.8. The fraction of sp³-hybridized carbons (Fsp3) is 0.353. The van der Waals surface area contributed by atoms with E-state index >= 15 is 0 Å². The summed E-state index contributed by atoms with van der Waals surface area (Å²) in [4.78, 5) is 34.9. The number of aryl methyl sites for hydroxylation is 1. The second-order valence-corrected chi connectivity index (χ2v) is 6.69. The molecule has 1 amide bonds. The monoisotopic (exact) mass is 367 g/mol. The number of alkyl carbamates (subject to hydrolysis) is 1. The van der Waals surface area contributed by atoms with Gasteiger partial charge in [-0.2, -0.15) is 0 Å². The topological polar surface area (TPSA) is 94.8 Å². The first-order chi connectivity index (χ1) is 11.6. The van der Waals surface area contributed by atoms with Gasteiger partial charge in [-0.25, -0.2) is 14.4 Å². The molecule has 7 nitrogen and oxygen atoms in total. The van der Waals surface area contributed by atoms with Crippen LogP contribution in [-0.4, -0.2) is 24.2 Å². The molecule has 0 radical (unpaired) electrons. The number of carbonyl (C=O) groups is 2. The molecule has 0 unspecified atom stereocenters. The highest BCUT2D eigenvalue weighted by atomic mass is 35.5. The number of halogens is 1. The Hall–Kier alpha value is -2.54. The zero-order valence-corrected chi connectivity index (χ0v) is 15.0. The SMILES string of the molecule is Cc1c(Cl)c(=O)oc2cc(OC(=O)CNC(=O)OC(C)(C)C)ccc12. The molecule has 0 bridgehead atoms. The van der Waals surface area contributed by atoms with Gasteiger partial charge in [0.1, 0.15) is 28.5 Å². The Morgan fingerprint density at radius 3 is 2.60 bits per heavy atom. The molecule has 0 atom stereocenters. The molecular weight excluding hydrogens is 350 g/mol. The van der Waals surface area contributed by atoms with Crippen molar-refractivity contribution in [1.82, 2.24) is 5.32 Å². The first-order valence-corrected chi connectivity index (χ1v) is 7.85. The standard InChI is InChI=1S/C17H18ClNO6/c1-9-11-6-5-10(7-12(11)24-15(21)14(9)18)23-13(20)8-19-16(22)25-17(2,3)4/h5-7H,8H2,1-4H3,(H,19,22). The van der Waals surface area contributed by atoms with Gasteiger partial charge in [-0.15, -0.1) is 0 Å². The Morgan fingerprint density at radius 2 is 1.96 bits per heavy atom. The van der Waals surface area contributed by atoms with Gasteiger partial charge in [0, 0.05) is 11.5 Å². The lowest BCUT2D eigenvalue weighted by molar-refractivity contribution is -0.133. The van der Waals surface area contributed by atoms with E-state index in [4.69, 9.17) is 25.5 Å². The molecule has 2 rings (SSSR count). The summed E-state index contributed by atoms with van der Waals surface area (Å²) in [5, 5.41) is 2.94. The van der Waals surface area contributed by atoms with Crippen LogP contribution in [-0.2, 0) is 9.53 Å². The van der Waals surface area contributed by atoms with Crippen LogP contribution in [0.25, 0.3) is 11.0 Å². The highest BCUT2D eigenvalue weighted by Gasteiger charge is 2.17. The number of hydrogen-bond acceptors (Lipinski definition) is 6. The zero-order chi connectivity index (χ0) is 18.8.